The van der Waals surface area contributed by atoms with Crippen LogP contribution in [0.2, 0.25) is 10.0 Å². The van der Waals surface area contributed by atoms with Crippen LogP contribution in [0.15, 0.2) is 66.7 Å². The minimum absolute atomic E-state index is 0.0661. The van der Waals surface area contributed by atoms with Crippen LogP contribution in [0.1, 0.15) is 16.2 Å². The number of halogens is 3. The molecule has 0 aliphatic carbocycles. The van der Waals surface area contributed by atoms with Crippen LogP contribution in [0.4, 0.5) is 10.1 Å². The number of aromatic nitrogens is 3. The first-order valence-corrected chi connectivity index (χ1v) is 9.73. The van der Waals surface area contributed by atoms with Gasteiger partial charge < -0.3 is 5.32 Å². The molecular formula is C22H15Cl2FN4O. The van der Waals surface area contributed by atoms with Crippen molar-refractivity contribution < 1.29 is 9.18 Å². The molecule has 1 amide bonds. The Bertz CT molecular complexity index is 1240. The van der Waals surface area contributed by atoms with E-state index in [1.165, 1.54) is 18.2 Å². The molecule has 0 saturated carbocycles. The number of benzene rings is 3. The average molecular weight is 441 g/mol. The second-order valence-electron chi connectivity index (χ2n) is 6.53. The van der Waals surface area contributed by atoms with Gasteiger partial charge in [-0.1, -0.05) is 35.3 Å². The SMILES string of the molecule is Cc1c(Cl)cccc1-n1nc(C(=O)Nc2cccc(F)c2)nc1-c1ccc(Cl)cc1. The standard InChI is InChI=1S/C22H15Cl2FN4O/c1-13-18(24)6-3-7-19(13)29-21(14-8-10-15(23)11-9-14)27-20(28-29)22(30)26-17-5-2-4-16(25)12-17/h2-12H,1H3,(H,26,30). The molecule has 1 N–H and O–H groups in total. The number of carbonyl (C=O) groups excluding carboxylic acids is 1. The molecular weight excluding hydrogens is 426 g/mol. The highest BCUT2D eigenvalue weighted by Crippen LogP contribution is 2.27. The third-order valence-electron chi connectivity index (χ3n) is 4.46. The van der Waals surface area contributed by atoms with Gasteiger partial charge in [0.05, 0.1) is 5.69 Å². The Kier molecular flexibility index (Phi) is 5.53. The van der Waals surface area contributed by atoms with Crippen LogP contribution in [0.25, 0.3) is 17.1 Å². The number of carbonyl (C=O) groups is 1. The van der Waals surface area contributed by atoms with Crippen LogP contribution in [0, 0.1) is 12.7 Å². The Labute approximate surface area is 182 Å². The van der Waals surface area contributed by atoms with Crippen LogP contribution in [0.5, 0.6) is 0 Å². The van der Waals surface area contributed by atoms with E-state index in [-0.39, 0.29) is 5.82 Å². The van der Waals surface area contributed by atoms with Crippen LogP contribution in [-0.2, 0) is 0 Å². The summed E-state index contributed by atoms with van der Waals surface area (Å²) in [5.74, 6) is -0.637. The monoisotopic (exact) mass is 440 g/mol. The molecule has 8 heteroatoms. The fraction of sp³-hybridized carbons (Fsp3) is 0.0455. The Morgan fingerprint density at radius 2 is 1.77 bits per heavy atom. The van der Waals surface area contributed by atoms with Gasteiger partial charge >= 0.3 is 0 Å². The molecule has 0 saturated heterocycles. The molecule has 1 aromatic heterocycles. The molecule has 0 aliphatic heterocycles. The minimum atomic E-state index is -0.561. The van der Waals surface area contributed by atoms with Gasteiger partial charge in [-0.3, -0.25) is 4.79 Å². The lowest BCUT2D eigenvalue weighted by Crippen LogP contribution is -2.14. The number of nitrogens with zero attached hydrogens (tertiary/aromatic N) is 3. The molecule has 0 spiro atoms. The van der Waals surface area contributed by atoms with Crippen molar-refractivity contribution in [1.29, 1.82) is 0 Å². The Hall–Kier alpha value is -3.22. The first-order chi connectivity index (χ1) is 14.4. The fourth-order valence-corrected chi connectivity index (χ4v) is 3.24. The number of anilines is 1. The molecule has 4 rings (SSSR count). The van der Waals surface area contributed by atoms with Gasteiger partial charge in [0, 0.05) is 21.3 Å². The molecule has 0 bridgehead atoms. The molecule has 0 fully saturated rings. The summed E-state index contributed by atoms with van der Waals surface area (Å²) in [6.07, 6.45) is 0. The second-order valence-corrected chi connectivity index (χ2v) is 7.37. The minimum Gasteiger partial charge on any atom is -0.319 e. The van der Waals surface area contributed by atoms with E-state index < -0.39 is 11.7 Å². The zero-order chi connectivity index (χ0) is 21.3. The Morgan fingerprint density at radius 1 is 1.03 bits per heavy atom. The highest BCUT2D eigenvalue weighted by molar-refractivity contribution is 6.31. The predicted octanol–water partition coefficient (Wildman–Crippen LogP) is 5.94. The van der Waals surface area contributed by atoms with Crippen molar-refractivity contribution in [3.8, 4) is 17.1 Å². The summed E-state index contributed by atoms with van der Waals surface area (Å²) < 4.78 is 15.0. The van der Waals surface area contributed by atoms with Crippen molar-refractivity contribution >= 4 is 34.8 Å². The maximum absolute atomic E-state index is 13.4. The normalized spacial score (nSPS) is 10.8. The summed E-state index contributed by atoms with van der Waals surface area (Å²) in [5.41, 5.74) is 2.50. The van der Waals surface area contributed by atoms with Gasteiger partial charge in [0.25, 0.3) is 5.91 Å². The summed E-state index contributed by atoms with van der Waals surface area (Å²) in [6, 6.07) is 18.0. The Balaban J connectivity index is 1.80. The van der Waals surface area contributed by atoms with E-state index in [1.54, 1.807) is 47.1 Å². The third kappa shape index (κ3) is 4.06. The van der Waals surface area contributed by atoms with Crippen molar-refractivity contribution in [3.63, 3.8) is 0 Å². The summed E-state index contributed by atoms with van der Waals surface area (Å²) in [7, 11) is 0. The highest BCUT2D eigenvalue weighted by Gasteiger charge is 2.20. The number of hydrogen-bond acceptors (Lipinski definition) is 3. The number of amides is 1. The lowest BCUT2D eigenvalue weighted by molar-refractivity contribution is 0.101. The van der Waals surface area contributed by atoms with E-state index in [2.05, 4.69) is 15.4 Å². The lowest BCUT2D eigenvalue weighted by Gasteiger charge is -2.10. The molecule has 0 radical (unpaired) electrons. The van der Waals surface area contributed by atoms with E-state index in [0.717, 1.165) is 11.1 Å². The number of hydrogen-bond donors (Lipinski definition) is 1. The fourth-order valence-electron chi connectivity index (χ4n) is 2.94. The smallest absolute Gasteiger partial charge is 0.295 e. The quantitative estimate of drug-likeness (QED) is 0.426. The zero-order valence-electron chi connectivity index (χ0n) is 15.7. The van der Waals surface area contributed by atoms with Gasteiger partial charge in [-0.25, -0.2) is 14.1 Å². The van der Waals surface area contributed by atoms with Crippen molar-refractivity contribution in [2.24, 2.45) is 0 Å². The van der Waals surface area contributed by atoms with Gasteiger partial charge in [0.1, 0.15) is 5.82 Å². The van der Waals surface area contributed by atoms with E-state index >= 15 is 0 Å². The molecule has 150 valence electrons. The van der Waals surface area contributed by atoms with Gasteiger partial charge in [-0.2, -0.15) is 0 Å². The molecule has 30 heavy (non-hydrogen) atoms. The predicted molar refractivity (Wildman–Crippen MR) is 116 cm³/mol. The molecule has 5 nitrogen and oxygen atoms in total. The summed E-state index contributed by atoms with van der Waals surface area (Å²) in [5, 5.41) is 8.16. The average Bonchev–Trinajstić information content (AvgIpc) is 3.16. The Morgan fingerprint density at radius 3 is 2.50 bits per heavy atom. The largest absolute Gasteiger partial charge is 0.319 e. The number of nitrogens with one attached hydrogen (secondary N) is 1. The summed E-state index contributed by atoms with van der Waals surface area (Å²) in [4.78, 5) is 17.2. The maximum Gasteiger partial charge on any atom is 0.295 e. The van der Waals surface area contributed by atoms with Crippen molar-refractivity contribution in [1.82, 2.24) is 14.8 Å². The lowest BCUT2D eigenvalue weighted by atomic mass is 10.1. The second kappa shape index (κ2) is 8.26. The number of rotatable bonds is 4. The maximum atomic E-state index is 13.4. The van der Waals surface area contributed by atoms with Crippen LogP contribution < -0.4 is 5.32 Å². The van der Waals surface area contributed by atoms with E-state index in [0.29, 0.717) is 27.2 Å². The summed E-state index contributed by atoms with van der Waals surface area (Å²) in [6.45, 7) is 1.86. The van der Waals surface area contributed by atoms with Gasteiger partial charge in [-0.05, 0) is 67.1 Å². The first kappa shape index (κ1) is 20.1. The van der Waals surface area contributed by atoms with Gasteiger partial charge in [0.2, 0.25) is 5.82 Å². The topological polar surface area (TPSA) is 59.8 Å². The highest BCUT2D eigenvalue weighted by atomic mass is 35.5. The van der Waals surface area contributed by atoms with E-state index in [4.69, 9.17) is 23.2 Å². The zero-order valence-corrected chi connectivity index (χ0v) is 17.2. The van der Waals surface area contributed by atoms with Crippen LogP contribution >= 0.6 is 23.2 Å². The molecule has 3 aromatic carbocycles. The third-order valence-corrected chi connectivity index (χ3v) is 5.12. The van der Waals surface area contributed by atoms with E-state index in [9.17, 15) is 9.18 Å². The van der Waals surface area contributed by atoms with Gasteiger partial charge in [-0.15, -0.1) is 5.10 Å². The van der Waals surface area contributed by atoms with Gasteiger partial charge in [0.15, 0.2) is 5.82 Å². The summed E-state index contributed by atoms with van der Waals surface area (Å²) >= 11 is 12.3. The first-order valence-electron chi connectivity index (χ1n) is 8.98. The molecule has 0 aliphatic rings. The van der Waals surface area contributed by atoms with Crippen LogP contribution in [0.3, 0.4) is 0 Å². The van der Waals surface area contributed by atoms with Crippen molar-refractivity contribution in [3.05, 3.63) is 94.0 Å². The molecule has 1 heterocycles. The van der Waals surface area contributed by atoms with Crippen LogP contribution in [-0.4, -0.2) is 20.7 Å². The van der Waals surface area contributed by atoms with Crippen molar-refractivity contribution in [2.45, 2.75) is 6.92 Å². The van der Waals surface area contributed by atoms with E-state index in [1.807, 2.05) is 13.0 Å². The molecule has 4 aromatic rings. The van der Waals surface area contributed by atoms with Crippen molar-refractivity contribution in [2.75, 3.05) is 5.32 Å². The molecule has 0 atom stereocenters. The molecule has 0 unspecified atom stereocenters.